The molecule has 3 aliphatic rings. The maximum atomic E-state index is 13.2. The number of benzene rings is 1. The van der Waals surface area contributed by atoms with E-state index in [1.54, 1.807) is 17.9 Å². The summed E-state index contributed by atoms with van der Waals surface area (Å²) in [7, 11) is 0. The Morgan fingerprint density at radius 2 is 2.26 bits per heavy atom. The number of H-pyrrole nitrogens is 1. The van der Waals surface area contributed by atoms with Gasteiger partial charge in [0, 0.05) is 29.7 Å². The summed E-state index contributed by atoms with van der Waals surface area (Å²) in [5.74, 6) is -0.287. The number of aryl methyl sites for hydroxylation is 1. The van der Waals surface area contributed by atoms with Crippen LogP contribution in [0.15, 0.2) is 53.2 Å². The highest BCUT2D eigenvalue weighted by molar-refractivity contribution is 6.02. The molecule has 2 N–H and O–H groups in total. The van der Waals surface area contributed by atoms with E-state index < -0.39 is 17.4 Å². The Kier molecular flexibility index (Phi) is 3.89. The minimum absolute atomic E-state index is 0.142. The van der Waals surface area contributed by atoms with Gasteiger partial charge in [-0.25, -0.2) is 0 Å². The molecule has 1 spiro atoms. The van der Waals surface area contributed by atoms with Crippen LogP contribution in [0, 0.1) is 18.8 Å². The maximum absolute atomic E-state index is 13.2. The fourth-order valence-electron chi connectivity index (χ4n) is 5.25. The maximum Gasteiger partial charge on any atom is 0.235 e. The van der Waals surface area contributed by atoms with Crippen LogP contribution in [0.3, 0.4) is 0 Å². The second kappa shape index (κ2) is 6.55. The van der Waals surface area contributed by atoms with Gasteiger partial charge in [-0.3, -0.25) is 14.5 Å². The van der Waals surface area contributed by atoms with E-state index in [4.69, 9.17) is 9.26 Å². The van der Waals surface area contributed by atoms with E-state index in [0.717, 1.165) is 16.5 Å². The summed E-state index contributed by atoms with van der Waals surface area (Å²) >= 11 is 0. The van der Waals surface area contributed by atoms with Gasteiger partial charge < -0.3 is 19.6 Å². The lowest BCUT2D eigenvalue weighted by Gasteiger charge is -2.23. The third-order valence-electron chi connectivity index (χ3n) is 6.66. The lowest BCUT2D eigenvalue weighted by molar-refractivity contribution is -0.131. The largest absolute Gasteiger partial charge is 0.361 e. The van der Waals surface area contributed by atoms with Crippen molar-refractivity contribution in [1.29, 1.82) is 0 Å². The first-order valence-corrected chi connectivity index (χ1v) is 10.5. The second-order valence-electron chi connectivity index (χ2n) is 8.52. The Bertz CT molecular complexity index is 1230. The van der Waals surface area contributed by atoms with Gasteiger partial charge in [0.2, 0.25) is 11.8 Å². The molecule has 31 heavy (non-hydrogen) atoms. The van der Waals surface area contributed by atoms with Gasteiger partial charge in [-0.1, -0.05) is 35.5 Å². The van der Waals surface area contributed by atoms with Crippen molar-refractivity contribution in [3.05, 3.63) is 60.0 Å². The molecule has 2 fully saturated rings. The van der Waals surface area contributed by atoms with E-state index in [1.807, 2.05) is 36.5 Å². The van der Waals surface area contributed by atoms with E-state index in [2.05, 4.69) is 21.5 Å². The molecule has 5 heterocycles. The normalized spacial score (nSPS) is 28.6. The number of carbonyl (C=O) groups is 2. The SMILES string of the molecule is Cc1cc(N2C[C@]34C=C[C@H](O3)[C@H](C(=O)NCCc3c[nH]c5ccccc35)[C@H]4C2=O)no1. The number of ether oxygens (including phenoxy) is 1. The fourth-order valence-corrected chi connectivity index (χ4v) is 5.25. The van der Waals surface area contributed by atoms with Gasteiger partial charge in [0.1, 0.15) is 11.4 Å². The van der Waals surface area contributed by atoms with Crippen LogP contribution in [-0.2, 0) is 20.7 Å². The Hall–Kier alpha value is -3.39. The van der Waals surface area contributed by atoms with Gasteiger partial charge in [-0.15, -0.1) is 0 Å². The number of fused-ring (bicyclic) bond motifs is 2. The molecule has 0 aliphatic carbocycles. The summed E-state index contributed by atoms with van der Waals surface area (Å²) in [6, 6.07) is 9.82. The van der Waals surface area contributed by atoms with Crippen LogP contribution < -0.4 is 10.2 Å². The van der Waals surface area contributed by atoms with E-state index in [0.29, 0.717) is 31.1 Å². The first-order valence-electron chi connectivity index (χ1n) is 10.5. The highest BCUT2D eigenvalue weighted by Gasteiger charge is 2.67. The summed E-state index contributed by atoms with van der Waals surface area (Å²) in [6.45, 7) is 2.62. The Balaban J connectivity index is 1.18. The molecule has 1 aromatic carbocycles. The molecule has 2 aromatic heterocycles. The molecule has 3 aliphatic heterocycles. The Morgan fingerprint density at radius 3 is 3.10 bits per heavy atom. The fraction of sp³-hybridized carbons (Fsp3) is 0.348. The number of para-hydroxylation sites is 1. The number of carbonyl (C=O) groups excluding carboxylic acids is 2. The van der Waals surface area contributed by atoms with Crippen LogP contribution in [0.25, 0.3) is 10.9 Å². The number of anilines is 1. The lowest BCUT2D eigenvalue weighted by atomic mass is 9.77. The molecular formula is C23H22N4O4. The van der Waals surface area contributed by atoms with Gasteiger partial charge in [-0.2, -0.15) is 0 Å². The number of amides is 2. The molecule has 8 nitrogen and oxygen atoms in total. The number of nitrogens with one attached hydrogen (secondary N) is 2. The van der Waals surface area contributed by atoms with Crippen molar-refractivity contribution in [2.75, 3.05) is 18.0 Å². The average molecular weight is 418 g/mol. The van der Waals surface area contributed by atoms with Crippen molar-refractivity contribution in [1.82, 2.24) is 15.5 Å². The van der Waals surface area contributed by atoms with Gasteiger partial charge in [0.25, 0.3) is 0 Å². The van der Waals surface area contributed by atoms with Crippen molar-refractivity contribution in [3.8, 4) is 0 Å². The molecule has 0 unspecified atom stereocenters. The third-order valence-corrected chi connectivity index (χ3v) is 6.66. The predicted octanol–water partition coefficient (Wildman–Crippen LogP) is 2.11. The van der Waals surface area contributed by atoms with Crippen LogP contribution in [-0.4, -0.2) is 46.7 Å². The Morgan fingerprint density at radius 1 is 1.39 bits per heavy atom. The summed E-state index contributed by atoms with van der Waals surface area (Å²) in [5, 5.41) is 8.16. The zero-order chi connectivity index (χ0) is 21.2. The standard InChI is InChI=1S/C23H22N4O4/c1-13-10-18(26-31-13)27-12-23-8-6-17(30-23)19(20(23)22(27)29)21(28)24-9-7-14-11-25-16-5-3-2-4-15(14)16/h2-6,8,10-11,17,19-20,25H,7,9,12H2,1H3,(H,24,28)/t17-,19-,20-,23-/m0/s1. The Labute approximate surface area is 178 Å². The third kappa shape index (κ3) is 2.68. The molecular weight excluding hydrogens is 396 g/mol. The van der Waals surface area contributed by atoms with Crippen molar-refractivity contribution < 1.29 is 18.8 Å². The van der Waals surface area contributed by atoms with Gasteiger partial charge >= 0.3 is 0 Å². The van der Waals surface area contributed by atoms with Crippen molar-refractivity contribution in [2.24, 2.45) is 11.8 Å². The van der Waals surface area contributed by atoms with Gasteiger partial charge in [0.15, 0.2) is 5.82 Å². The zero-order valence-electron chi connectivity index (χ0n) is 17.0. The van der Waals surface area contributed by atoms with Gasteiger partial charge in [-0.05, 0) is 25.0 Å². The van der Waals surface area contributed by atoms with Crippen LogP contribution >= 0.6 is 0 Å². The number of aromatic nitrogens is 2. The van der Waals surface area contributed by atoms with E-state index in [9.17, 15) is 9.59 Å². The smallest absolute Gasteiger partial charge is 0.235 e. The number of hydrogen-bond acceptors (Lipinski definition) is 5. The topological polar surface area (TPSA) is 100 Å². The van der Waals surface area contributed by atoms with Crippen LogP contribution in [0.2, 0.25) is 0 Å². The highest BCUT2D eigenvalue weighted by Crippen LogP contribution is 2.52. The molecule has 2 bridgehead atoms. The molecule has 0 radical (unpaired) electrons. The molecule has 2 saturated heterocycles. The lowest BCUT2D eigenvalue weighted by Crippen LogP contribution is -2.44. The molecule has 158 valence electrons. The molecule has 2 amide bonds. The van der Waals surface area contributed by atoms with E-state index in [-0.39, 0.29) is 17.9 Å². The molecule has 6 rings (SSSR count). The first kappa shape index (κ1) is 18.4. The predicted molar refractivity (Wildman–Crippen MR) is 112 cm³/mol. The number of rotatable bonds is 5. The van der Waals surface area contributed by atoms with E-state index in [1.165, 1.54) is 0 Å². The molecule has 3 aromatic rings. The van der Waals surface area contributed by atoms with Crippen molar-refractivity contribution in [3.63, 3.8) is 0 Å². The molecule has 8 heteroatoms. The first-order chi connectivity index (χ1) is 15.1. The highest BCUT2D eigenvalue weighted by atomic mass is 16.5. The van der Waals surface area contributed by atoms with E-state index >= 15 is 0 Å². The monoisotopic (exact) mass is 418 g/mol. The minimum Gasteiger partial charge on any atom is -0.361 e. The number of nitrogens with zero attached hydrogens (tertiary/aromatic N) is 2. The van der Waals surface area contributed by atoms with Crippen LogP contribution in [0.5, 0.6) is 0 Å². The quantitative estimate of drug-likeness (QED) is 0.618. The molecule has 4 atom stereocenters. The summed E-state index contributed by atoms with van der Waals surface area (Å²) in [5.41, 5.74) is 1.46. The zero-order valence-corrected chi connectivity index (χ0v) is 17.0. The summed E-state index contributed by atoms with van der Waals surface area (Å²) < 4.78 is 11.3. The van der Waals surface area contributed by atoms with Crippen molar-refractivity contribution >= 4 is 28.5 Å². The minimum atomic E-state index is -0.770. The summed E-state index contributed by atoms with van der Waals surface area (Å²) in [6.07, 6.45) is 6.16. The average Bonchev–Trinajstić information content (AvgIpc) is 3.56. The van der Waals surface area contributed by atoms with Crippen LogP contribution in [0.4, 0.5) is 5.82 Å². The van der Waals surface area contributed by atoms with Crippen LogP contribution in [0.1, 0.15) is 11.3 Å². The summed E-state index contributed by atoms with van der Waals surface area (Å²) in [4.78, 5) is 31.2. The second-order valence-corrected chi connectivity index (χ2v) is 8.52. The van der Waals surface area contributed by atoms with Gasteiger partial charge in [0.05, 0.1) is 24.5 Å². The number of aromatic amines is 1. The number of hydrogen-bond donors (Lipinski definition) is 2. The molecule has 0 saturated carbocycles. The van der Waals surface area contributed by atoms with Crippen molar-refractivity contribution in [2.45, 2.75) is 25.0 Å².